The SMILES string of the molecule is CN(C)CCOCCNC(=O)N1C[C@H](O)C[C@@H]1C(=O)O. The zero-order valence-corrected chi connectivity index (χ0v) is 11.9. The molecular formula is C12H23N3O5. The van der Waals surface area contributed by atoms with Gasteiger partial charge in [0, 0.05) is 26.1 Å². The summed E-state index contributed by atoms with van der Waals surface area (Å²) in [5.74, 6) is -1.10. The van der Waals surface area contributed by atoms with Gasteiger partial charge < -0.3 is 30.1 Å². The van der Waals surface area contributed by atoms with E-state index in [2.05, 4.69) is 5.32 Å². The van der Waals surface area contributed by atoms with Crippen LogP contribution >= 0.6 is 0 Å². The van der Waals surface area contributed by atoms with Gasteiger partial charge in [-0.1, -0.05) is 0 Å². The van der Waals surface area contributed by atoms with E-state index in [4.69, 9.17) is 9.84 Å². The second kappa shape index (κ2) is 8.03. The molecule has 2 amide bonds. The van der Waals surface area contributed by atoms with Gasteiger partial charge in [-0.2, -0.15) is 0 Å². The smallest absolute Gasteiger partial charge is 0.326 e. The Hall–Kier alpha value is -1.38. The fourth-order valence-electron chi connectivity index (χ4n) is 1.95. The average molecular weight is 289 g/mol. The van der Waals surface area contributed by atoms with Crippen LogP contribution in [0.15, 0.2) is 0 Å². The highest BCUT2D eigenvalue weighted by Gasteiger charge is 2.38. The third-order valence-corrected chi connectivity index (χ3v) is 3.03. The molecule has 1 aliphatic rings. The number of carbonyl (C=O) groups excluding carboxylic acids is 1. The molecule has 0 unspecified atom stereocenters. The van der Waals surface area contributed by atoms with Crippen LogP contribution in [-0.2, 0) is 9.53 Å². The number of β-amino-alcohol motifs (C(OH)–C–C–N with tert-alkyl or cyclic N) is 1. The van der Waals surface area contributed by atoms with E-state index in [9.17, 15) is 14.7 Å². The predicted octanol–water partition coefficient (Wildman–Crippen LogP) is -1.21. The van der Waals surface area contributed by atoms with Gasteiger partial charge >= 0.3 is 12.0 Å². The lowest BCUT2D eigenvalue weighted by atomic mass is 10.2. The summed E-state index contributed by atoms with van der Waals surface area (Å²) in [7, 11) is 3.88. The molecule has 116 valence electrons. The van der Waals surface area contributed by atoms with E-state index in [1.54, 1.807) is 0 Å². The van der Waals surface area contributed by atoms with Crippen molar-refractivity contribution in [1.29, 1.82) is 0 Å². The van der Waals surface area contributed by atoms with Crippen LogP contribution in [0.5, 0.6) is 0 Å². The maximum atomic E-state index is 11.8. The number of aliphatic hydroxyl groups excluding tert-OH is 1. The number of carbonyl (C=O) groups is 2. The molecule has 1 aliphatic heterocycles. The molecule has 20 heavy (non-hydrogen) atoms. The second-order valence-electron chi connectivity index (χ2n) is 5.04. The minimum Gasteiger partial charge on any atom is -0.480 e. The van der Waals surface area contributed by atoms with Gasteiger partial charge in [0.05, 0.1) is 19.3 Å². The molecule has 0 aliphatic carbocycles. The van der Waals surface area contributed by atoms with Gasteiger partial charge in [-0.25, -0.2) is 9.59 Å². The molecule has 0 aromatic heterocycles. The van der Waals surface area contributed by atoms with Crippen molar-refractivity contribution in [3.8, 4) is 0 Å². The summed E-state index contributed by atoms with van der Waals surface area (Å²) in [5, 5.41) is 21.0. The van der Waals surface area contributed by atoms with Crippen LogP contribution in [0.2, 0.25) is 0 Å². The number of hydrogen-bond acceptors (Lipinski definition) is 5. The highest BCUT2D eigenvalue weighted by atomic mass is 16.5. The quantitative estimate of drug-likeness (QED) is 0.509. The summed E-state index contributed by atoms with van der Waals surface area (Å²) in [4.78, 5) is 25.9. The number of aliphatic carboxylic acids is 1. The zero-order chi connectivity index (χ0) is 15.1. The Bertz CT molecular complexity index is 337. The number of nitrogens with one attached hydrogen (secondary N) is 1. The molecule has 0 aromatic rings. The first-order valence-electron chi connectivity index (χ1n) is 6.59. The lowest BCUT2D eigenvalue weighted by Gasteiger charge is -2.21. The fraction of sp³-hybridized carbons (Fsp3) is 0.833. The summed E-state index contributed by atoms with van der Waals surface area (Å²) < 4.78 is 5.31. The highest BCUT2D eigenvalue weighted by Crippen LogP contribution is 2.17. The number of nitrogens with zero attached hydrogens (tertiary/aromatic N) is 2. The van der Waals surface area contributed by atoms with Crippen LogP contribution in [-0.4, -0.2) is 91.1 Å². The first-order valence-corrected chi connectivity index (χ1v) is 6.59. The van der Waals surface area contributed by atoms with Gasteiger partial charge in [0.2, 0.25) is 0 Å². The molecule has 2 atom stereocenters. The first kappa shape index (κ1) is 16.7. The van der Waals surface area contributed by atoms with Crippen molar-refractivity contribution in [3.05, 3.63) is 0 Å². The summed E-state index contributed by atoms with van der Waals surface area (Å²) in [6.45, 7) is 2.10. The number of likely N-dealkylation sites (tertiary alicyclic amines) is 1. The van der Waals surface area contributed by atoms with Crippen molar-refractivity contribution in [3.63, 3.8) is 0 Å². The summed E-state index contributed by atoms with van der Waals surface area (Å²) in [6, 6.07) is -1.44. The zero-order valence-electron chi connectivity index (χ0n) is 11.9. The molecular weight excluding hydrogens is 266 g/mol. The largest absolute Gasteiger partial charge is 0.480 e. The highest BCUT2D eigenvalue weighted by molar-refractivity contribution is 5.83. The standard InChI is InChI=1S/C12H23N3O5/c1-14(2)4-6-20-5-3-13-12(19)15-8-9(16)7-10(15)11(17)18/h9-10,16H,3-8H2,1-2H3,(H,13,19)(H,17,18)/t9-,10-/m1/s1. The fourth-order valence-corrected chi connectivity index (χ4v) is 1.95. The number of aliphatic hydroxyl groups is 1. The lowest BCUT2D eigenvalue weighted by molar-refractivity contribution is -0.141. The van der Waals surface area contributed by atoms with Gasteiger partial charge in [0.1, 0.15) is 6.04 Å². The van der Waals surface area contributed by atoms with E-state index < -0.39 is 24.1 Å². The third kappa shape index (κ3) is 5.32. The molecule has 8 nitrogen and oxygen atoms in total. The van der Waals surface area contributed by atoms with E-state index in [-0.39, 0.29) is 13.0 Å². The molecule has 0 aromatic carbocycles. The van der Waals surface area contributed by atoms with Crippen molar-refractivity contribution in [2.45, 2.75) is 18.6 Å². The minimum atomic E-state index is -1.10. The second-order valence-corrected chi connectivity index (χ2v) is 5.04. The Balaban J connectivity index is 2.23. The number of ether oxygens (including phenoxy) is 1. The van der Waals surface area contributed by atoms with E-state index in [0.717, 1.165) is 11.4 Å². The van der Waals surface area contributed by atoms with Gasteiger partial charge in [-0.15, -0.1) is 0 Å². The van der Waals surface area contributed by atoms with Crippen LogP contribution in [0.4, 0.5) is 4.79 Å². The first-order chi connectivity index (χ1) is 9.41. The Morgan fingerprint density at radius 2 is 2.10 bits per heavy atom. The Kier molecular flexibility index (Phi) is 6.69. The molecule has 1 fully saturated rings. The predicted molar refractivity (Wildman–Crippen MR) is 71.5 cm³/mol. The number of rotatable bonds is 7. The number of carboxylic acids is 1. The van der Waals surface area contributed by atoms with Crippen LogP contribution < -0.4 is 5.32 Å². The van der Waals surface area contributed by atoms with Gasteiger partial charge in [0.15, 0.2) is 0 Å². The molecule has 0 spiro atoms. The maximum absolute atomic E-state index is 11.8. The van der Waals surface area contributed by atoms with Crippen molar-refractivity contribution < 1.29 is 24.5 Å². The molecule has 1 rings (SSSR count). The van der Waals surface area contributed by atoms with Crippen molar-refractivity contribution in [2.75, 3.05) is 46.9 Å². The lowest BCUT2D eigenvalue weighted by Crippen LogP contribution is -2.47. The Morgan fingerprint density at radius 3 is 2.70 bits per heavy atom. The summed E-state index contributed by atoms with van der Waals surface area (Å²) >= 11 is 0. The van der Waals surface area contributed by atoms with E-state index in [0.29, 0.717) is 19.8 Å². The summed E-state index contributed by atoms with van der Waals surface area (Å²) in [6.07, 6.45) is -0.708. The Morgan fingerprint density at radius 1 is 1.40 bits per heavy atom. The van der Waals surface area contributed by atoms with Gasteiger partial charge in [-0.3, -0.25) is 0 Å². The van der Waals surface area contributed by atoms with Crippen LogP contribution in [0, 0.1) is 0 Å². The van der Waals surface area contributed by atoms with E-state index >= 15 is 0 Å². The number of likely N-dealkylation sites (N-methyl/N-ethyl adjacent to an activating group) is 1. The summed E-state index contributed by atoms with van der Waals surface area (Å²) in [5.41, 5.74) is 0. The van der Waals surface area contributed by atoms with Gasteiger partial charge in [-0.05, 0) is 14.1 Å². The minimum absolute atomic E-state index is 0.0459. The molecule has 3 N–H and O–H groups in total. The number of hydrogen-bond donors (Lipinski definition) is 3. The number of carboxylic acid groups (broad SMARTS) is 1. The molecule has 8 heteroatoms. The van der Waals surface area contributed by atoms with Crippen LogP contribution in [0.3, 0.4) is 0 Å². The molecule has 1 heterocycles. The van der Waals surface area contributed by atoms with Crippen LogP contribution in [0.25, 0.3) is 0 Å². The van der Waals surface area contributed by atoms with Crippen molar-refractivity contribution in [1.82, 2.24) is 15.1 Å². The monoisotopic (exact) mass is 289 g/mol. The maximum Gasteiger partial charge on any atom is 0.326 e. The normalized spacial score (nSPS) is 22.3. The molecule has 1 saturated heterocycles. The van der Waals surface area contributed by atoms with Crippen molar-refractivity contribution in [2.24, 2.45) is 0 Å². The van der Waals surface area contributed by atoms with Gasteiger partial charge in [0.25, 0.3) is 0 Å². The average Bonchev–Trinajstić information content (AvgIpc) is 2.75. The molecule has 0 bridgehead atoms. The molecule has 0 radical (unpaired) electrons. The Labute approximate surface area is 118 Å². The number of amides is 2. The van der Waals surface area contributed by atoms with Crippen LogP contribution in [0.1, 0.15) is 6.42 Å². The van der Waals surface area contributed by atoms with E-state index in [1.807, 2.05) is 19.0 Å². The topological polar surface area (TPSA) is 102 Å². The number of urea groups is 1. The van der Waals surface area contributed by atoms with Crippen molar-refractivity contribution >= 4 is 12.0 Å². The third-order valence-electron chi connectivity index (χ3n) is 3.03. The van der Waals surface area contributed by atoms with E-state index in [1.165, 1.54) is 0 Å². The molecule has 0 saturated carbocycles.